The Morgan fingerprint density at radius 1 is 1.37 bits per heavy atom. The van der Waals surface area contributed by atoms with Crippen LogP contribution < -0.4 is 0 Å². The molecule has 2 aliphatic rings. The second-order valence-electron chi connectivity index (χ2n) is 5.30. The third kappa shape index (κ3) is 2.38. The molecule has 0 unspecified atom stereocenters. The van der Waals surface area contributed by atoms with E-state index in [1.54, 1.807) is 6.08 Å². The minimum Gasteiger partial charge on any atom is -0.366 e. The number of ether oxygens (including phenoxy) is 1. The maximum absolute atomic E-state index is 11.6. The van der Waals surface area contributed by atoms with Crippen molar-refractivity contribution in [2.75, 3.05) is 6.61 Å². The van der Waals surface area contributed by atoms with Gasteiger partial charge in [-0.25, -0.2) is 0 Å². The molecule has 0 radical (unpaired) electrons. The van der Waals surface area contributed by atoms with Gasteiger partial charge in [0, 0.05) is 17.4 Å². The summed E-state index contributed by atoms with van der Waals surface area (Å²) >= 11 is 5.88. The first-order valence-electron chi connectivity index (χ1n) is 6.39. The van der Waals surface area contributed by atoms with E-state index in [0.29, 0.717) is 13.0 Å². The van der Waals surface area contributed by atoms with E-state index in [1.807, 2.05) is 37.3 Å². The summed E-state index contributed by atoms with van der Waals surface area (Å²) in [6.45, 7) is 2.63. The number of rotatable bonds is 1. The van der Waals surface area contributed by atoms with Crippen LogP contribution in [0.4, 0.5) is 0 Å². The Labute approximate surface area is 117 Å². The fraction of sp³-hybridized carbons (Fsp3) is 0.312. The van der Waals surface area contributed by atoms with Crippen molar-refractivity contribution in [2.24, 2.45) is 5.92 Å². The smallest absolute Gasteiger partial charge is 0.156 e. The van der Waals surface area contributed by atoms with Gasteiger partial charge in [-0.2, -0.15) is 0 Å². The van der Waals surface area contributed by atoms with E-state index in [-0.39, 0.29) is 17.3 Å². The van der Waals surface area contributed by atoms with E-state index in [2.05, 4.69) is 6.08 Å². The van der Waals surface area contributed by atoms with Gasteiger partial charge >= 0.3 is 0 Å². The molecule has 98 valence electrons. The van der Waals surface area contributed by atoms with Crippen LogP contribution in [0.5, 0.6) is 0 Å². The van der Waals surface area contributed by atoms with Crippen molar-refractivity contribution >= 4 is 23.5 Å². The molecule has 3 heteroatoms. The molecule has 2 nitrogen and oxygen atoms in total. The molecular formula is C16H15ClO2. The average Bonchev–Trinajstić information content (AvgIpc) is 2.70. The summed E-state index contributed by atoms with van der Waals surface area (Å²) < 4.78 is 5.87. The molecule has 0 saturated carbocycles. The van der Waals surface area contributed by atoms with E-state index in [0.717, 1.165) is 10.6 Å². The van der Waals surface area contributed by atoms with Crippen LogP contribution in [0.1, 0.15) is 18.9 Å². The Kier molecular flexibility index (Phi) is 3.08. The first-order chi connectivity index (χ1) is 9.07. The lowest BCUT2D eigenvalue weighted by Crippen LogP contribution is -2.34. The Balaban J connectivity index is 1.92. The fourth-order valence-electron chi connectivity index (χ4n) is 2.75. The zero-order valence-corrected chi connectivity index (χ0v) is 11.5. The monoisotopic (exact) mass is 274 g/mol. The van der Waals surface area contributed by atoms with Crippen molar-refractivity contribution in [1.82, 2.24) is 0 Å². The highest BCUT2D eigenvalue weighted by molar-refractivity contribution is 6.30. The lowest BCUT2D eigenvalue weighted by atomic mass is 9.78. The van der Waals surface area contributed by atoms with Crippen LogP contribution in [0.3, 0.4) is 0 Å². The number of hydrogen-bond acceptors (Lipinski definition) is 2. The van der Waals surface area contributed by atoms with Crippen LogP contribution in [0.15, 0.2) is 42.0 Å². The molecule has 1 aromatic carbocycles. The first kappa shape index (κ1) is 12.6. The zero-order valence-electron chi connectivity index (χ0n) is 10.7. The van der Waals surface area contributed by atoms with E-state index in [4.69, 9.17) is 16.3 Å². The predicted octanol–water partition coefficient (Wildman–Crippen LogP) is 3.66. The van der Waals surface area contributed by atoms with Crippen LogP contribution in [-0.2, 0) is 9.53 Å². The summed E-state index contributed by atoms with van der Waals surface area (Å²) in [5.41, 5.74) is 1.95. The van der Waals surface area contributed by atoms with Crippen molar-refractivity contribution < 1.29 is 9.53 Å². The minimum atomic E-state index is -0.327. The van der Waals surface area contributed by atoms with Crippen LogP contribution in [0.25, 0.3) is 6.08 Å². The van der Waals surface area contributed by atoms with Crippen molar-refractivity contribution in [3.63, 3.8) is 0 Å². The number of ketones is 1. The molecule has 2 atom stereocenters. The Morgan fingerprint density at radius 2 is 2.11 bits per heavy atom. The van der Waals surface area contributed by atoms with Crippen molar-refractivity contribution in [3.05, 3.63) is 52.6 Å². The van der Waals surface area contributed by atoms with Crippen molar-refractivity contribution in [3.8, 4) is 0 Å². The molecule has 0 aromatic heterocycles. The zero-order chi connectivity index (χ0) is 13.5. The highest BCUT2D eigenvalue weighted by atomic mass is 35.5. The molecular weight excluding hydrogens is 260 g/mol. The number of hydrogen-bond donors (Lipinski definition) is 0. The Hall–Kier alpha value is -1.38. The van der Waals surface area contributed by atoms with Gasteiger partial charge in [-0.1, -0.05) is 29.8 Å². The molecule has 1 saturated heterocycles. The minimum absolute atomic E-state index is 0.153. The fourth-order valence-corrected chi connectivity index (χ4v) is 2.88. The number of carbonyl (C=O) groups is 1. The second-order valence-corrected chi connectivity index (χ2v) is 5.74. The van der Waals surface area contributed by atoms with Crippen LogP contribution in [0, 0.1) is 5.92 Å². The maximum atomic E-state index is 11.6. The molecule has 1 aliphatic heterocycles. The van der Waals surface area contributed by atoms with Crippen molar-refractivity contribution in [2.45, 2.75) is 18.9 Å². The van der Waals surface area contributed by atoms with Crippen molar-refractivity contribution in [1.29, 1.82) is 0 Å². The summed E-state index contributed by atoms with van der Waals surface area (Å²) in [5, 5.41) is 0.727. The van der Waals surface area contributed by atoms with Crippen LogP contribution in [-0.4, -0.2) is 18.0 Å². The molecule has 1 aliphatic carbocycles. The maximum Gasteiger partial charge on any atom is 0.156 e. The highest BCUT2D eigenvalue weighted by Crippen LogP contribution is 2.42. The molecule has 19 heavy (non-hydrogen) atoms. The molecule has 1 fully saturated rings. The van der Waals surface area contributed by atoms with Gasteiger partial charge in [0.05, 0.1) is 12.2 Å². The number of carbonyl (C=O) groups excluding carboxylic acids is 1. The summed E-state index contributed by atoms with van der Waals surface area (Å²) in [6, 6.07) is 7.70. The average molecular weight is 275 g/mol. The van der Waals surface area contributed by atoms with Crippen LogP contribution >= 0.6 is 11.6 Å². The van der Waals surface area contributed by atoms with Gasteiger partial charge in [0.25, 0.3) is 0 Å². The van der Waals surface area contributed by atoms with Gasteiger partial charge in [-0.15, -0.1) is 0 Å². The number of fused-ring (bicyclic) bond motifs is 1. The van der Waals surface area contributed by atoms with Gasteiger partial charge < -0.3 is 4.74 Å². The third-order valence-corrected chi connectivity index (χ3v) is 4.17. The number of allylic oxidation sites excluding steroid dienone is 1. The Morgan fingerprint density at radius 3 is 2.84 bits per heavy atom. The third-order valence-electron chi connectivity index (χ3n) is 3.92. The number of benzene rings is 1. The summed E-state index contributed by atoms with van der Waals surface area (Å²) in [6.07, 6.45) is 6.18. The quantitative estimate of drug-likeness (QED) is 0.781. The first-order valence-corrected chi connectivity index (χ1v) is 6.77. The van der Waals surface area contributed by atoms with E-state index >= 15 is 0 Å². The van der Waals surface area contributed by atoms with Gasteiger partial charge in [-0.3, -0.25) is 4.79 Å². The van der Waals surface area contributed by atoms with E-state index in [9.17, 15) is 4.79 Å². The number of halogens is 1. The summed E-state index contributed by atoms with van der Waals surface area (Å²) in [4.78, 5) is 11.6. The molecule has 1 aromatic rings. The summed E-state index contributed by atoms with van der Waals surface area (Å²) in [7, 11) is 0. The van der Waals surface area contributed by atoms with Crippen LogP contribution in [0.2, 0.25) is 5.02 Å². The SMILES string of the molecule is C[C@]12C=CC(=O)C[C@H]1/C(=C/c1ccc(Cl)cc1)CO2. The predicted molar refractivity (Wildman–Crippen MR) is 76.0 cm³/mol. The topological polar surface area (TPSA) is 26.3 Å². The highest BCUT2D eigenvalue weighted by Gasteiger charge is 2.44. The Bertz CT molecular complexity index is 571. The second kappa shape index (κ2) is 4.62. The molecule has 1 heterocycles. The molecule has 0 N–H and O–H groups in total. The largest absolute Gasteiger partial charge is 0.366 e. The molecule has 0 bridgehead atoms. The lowest BCUT2D eigenvalue weighted by molar-refractivity contribution is -0.117. The summed E-state index contributed by atoms with van der Waals surface area (Å²) in [5.74, 6) is 0.329. The molecule has 0 spiro atoms. The normalized spacial score (nSPS) is 31.8. The van der Waals surface area contributed by atoms with Gasteiger partial charge in [-0.05, 0) is 42.3 Å². The van der Waals surface area contributed by atoms with Gasteiger partial charge in [0.2, 0.25) is 0 Å². The van der Waals surface area contributed by atoms with Gasteiger partial charge in [0.15, 0.2) is 5.78 Å². The van der Waals surface area contributed by atoms with E-state index in [1.165, 1.54) is 5.57 Å². The lowest BCUT2D eigenvalue weighted by Gasteiger charge is -2.29. The molecule has 0 amide bonds. The standard InChI is InChI=1S/C16H15ClO2/c1-16-7-6-14(18)9-15(16)12(10-19-16)8-11-2-4-13(17)5-3-11/h2-8,15H,9-10H2,1H3/b12-8+/t15-,16-/m0/s1. The molecule has 3 rings (SSSR count). The van der Waals surface area contributed by atoms with E-state index < -0.39 is 0 Å². The van der Waals surface area contributed by atoms with Gasteiger partial charge in [0.1, 0.15) is 0 Å².